The molecule has 0 aliphatic heterocycles. The lowest BCUT2D eigenvalue weighted by Crippen LogP contribution is -2.53. The van der Waals surface area contributed by atoms with Crippen molar-refractivity contribution < 1.29 is 18.0 Å². The first-order valence-electron chi connectivity index (χ1n) is 12.7. The highest BCUT2D eigenvalue weighted by Crippen LogP contribution is 2.23. The fourth-order valence-corrected chi connectivity index (χ4v) is 5.38. The number of unbranched alkanes of at least 4 members (excludes halogenated alkanes) is 1. The zero-order chi connectivity index (χ0) is 28.4. The third-order valence-electron chi connectivity index (χ3n) is 6.14. The molecule has 0 heterocycles. The Morgan fingerprint density at radius 2 is 1.67 bits per heavy atom. The van der Waals surface area contributed by atoms with E-state index in [9.17, 15) is 18.0 Å². The Hall–Kier alpha value is -2.88. The standard InChI is InChI=1S/C29H33BrClN3O4S/c1-3-4-17-32-29(36)27(18-22-9-6-5-7-10-22)33(20-23-13-15-24(30)16-14-23)28(35)21-34(39(2,37)38)26-12-8-11-25(31)19-26/h5-16,19,27H,3-4,17-18,20-21H2,1-2H3,(H,32,36). The molecule has 2 amide bonds. The molecule has 10 heteroatoms. The summed E-state index contributed by atoms with van der Waals surface area (Å²) in [7, 11) is -3.84. The van der Waals surface area contributed by atoms with Gasteiger partial charge in [-0.05, 0) is 47.9 Å². The van der Waals surface area contributed by atoms with Crippen LogP contribution >= 0.6 is 27.5 Å². The molecule has 1 N–H and O–H groups in total. The Labute approximate surface area is 244 Å². The fourth-order valence-electron chi connectivity index (χ4n) is 4.09. The van der Waals surface area contributed by atoms with Crippen molar-refractivity contribution in [2.24, 2.45) is 0 Å². The maximum Gasteiger partial charge on any atom is 0.244 e. The van der Waals surface area contributed by atoms with Gasteiger partial charge in [-0.2, -0.15) is 0 Å². The topological polar surface area (TPSA) is 86.8 Å². The number of amides is 2. The predicted molar refractivity (Wildman–Crippen MR) is 160 cm³/mol. The molecule has 1 atom stereocenters. The molecule has 0 radical (unpaired) electrons. The van der Waals surface area contributed by atoms with E-state index in [0.717, 1.165) is 39.0 Å². The van der Waals surface area contributed by atoms with E-state index in [0.29, 0.717) is 11.6 Å². The minimum Gasteiger partial charge on any atom is -0.354 e. The van der Waals surface area contributed by atoms with Crippen LogP contribution in [0.5, 0.6) is 0 Å². The van der Waals surface area contributed by atoms with Gasteiger partial charge in [-0.25, -0.2) is 8.42 Å². The van der Waals surface area contributed by atoms with Crippen molar-refractivity contribution in [3.63, 3.8) is 0 Å². The van der Waals surface area contributed by atoms with Crippen LogP contribution in [0.4, 0.5) is 5.69 Å². The van der Waals surface area contributed by atoms with Crippen molar-refractivity contribution in [2.75, 3.05) is 23.7 Å². The number of sulfonamides is 1. The highest BCUT2D eigenvalue weighted by Gasteiger charge is 2.33. The minimum atomic E-state index is -3.84. The quantitative estimate of drug-likeness (QED) is 0.254. The Bertz CT molecular complexity index is 1350. The molecule has 0 saturated carbocycles. The van der Waals surface area contributed by atoms with Gasteiger partial charge in [-0.1, -0.05) is 89.4 Å². The van der Waals surface area contributed by atoms with E-state index in [1.54, 1.807) is 18.2 Å². The van der Waals surface area contributed by atoms with Crippen LogP contribution in [0.3, 0.4) is 0 Å². The summed E-state index contributed by atoms with van der Waals surface area (Å²) < 4.78 is 27.5. The van der Waals surface area contributed by atoms with E-state index in [-0.39, 0.29) is 24.6 Å². The summed E-state index contributed by atoms with van der Waals surface area (Å²) in [6.45, 7) is 2.16. The molecule has 0 aliphatic carbocycles. The Balaban J connectivity index is 2.02. The van der Waals surface area contributed by atoms with Crippen LogP contribution in [0.25, 0.3) is 0 Å². The first-order valence-corrected chi connectivity index (χ1v) is 15.7. The van der Waals surface area contributed by atoms with Crippen LogP contribution in [0.2, 0.25) is 5.02 Å². The number of carbonyl (C=O) groups is 2. The Kier molecular flexibility index (Phi) is 11.4. The van der Waals surface area contributed by atoms with Crippen molar-refractivity contribution in [3.8, 4) is 0 Å². The molecule has 0 fully saturated rings. The summed E-state index contributed by atoms with van der Waals surface area (Å²) in [6, 6.07) is 22.4. The second-order valence-corrected chi connectivity index (χ2v) is 12.5. The number of nitrogens with one attached hydrogen (secondary N) is 1. The molecule has 3 rings (SSSR count). The van der Waals surface area contributed by atoms with E-state index >= 15 is 0 Å². The van der Waals surface area contributed by atoms with Gasteiger partial charge in [0.2, 0.25) is 21.8 Å². The molecule has 0 aromatic heterocycles. The number of benzene rings is 3. The van der Waals surface area contributed by atoms with Crippen LogP contribution in [0.15, 0.2) is 83.3 Å². The van der Waals surface area contributed by atoms with Crippen LogP contribution in [0.1, 0.15) is 30.9 Å². The number of hydrogen-bond acceptors (Lipinski definition) is 4. The van der Waals surface area contributed by atoms with Gasteiger partial charge in [-0.3, -0.25) is 13.9 Å². The number of rotatable bonds is 13. The molecule has 0 aliphatic rings. The molecule has 0 bridgehead atoms. The minimum absolute atomic E-state index is 0.123. The molecule has 208 valence electrons. The lowest BCUT2D eigenvalue weighted by Gasteiger charge is -2.33. The lowest BCUT2D eigenvalue weighted by molar-refractivity contribution is -0.140. The van der Waals surface area contributed by atoms with Crippen molar-refractivity contribution in [3.05, 3.63) is 99.5 Å². The van der Waals surface area contributed by atoms with Crippen LogP contribution in [-0.4, -0.2) is 50.5 Å². The summed E-state index contributed by atoms with van der Waals surface area (Å²) in [5.41, 5.74) is 1.96. The summed E-state index contributed by atoms with van der Waals surface area (Å²) in [5, 5.41) is 3.31. The maximum absolute atomic E-state index is 14.0. The number of carbonyl (C=O) groups excluding carboxylic acids is 2. The molecule has 0 spiro atoms. The van der Waals surface area contributed by atoms with Gasteiger partial charge < -0.3 is 10.2 Å². The SMILES string of the molecule is CCCCNC(=O)C(Cc1ccccc1)N(Cc1ccc(Br)cc1)C(=O)CN(c1cccc(Cl)c1)S(C)(=O)=O. The van der Waals surface area contributed by atoms with Crippen molar-refractivity contribution in [1.29, 1.82) is 0 Å². The molecule has 1 unspecified atom stereocenters. The van der Waals surface area contributed by atoms with Gasteiger partial charge in [0.25, 0.3) is 0 Å². The van der Waals surface area contributed by atoms with Gasteiger partial charge in [0, 0.05) is 29.0 Å². The molecular weight excluding hydrogens is 602 g/mol. The van der Waals surface area contributed by atoms with Gasteiger partial charge in [-0.15, -0.1) is 0 Å². The summed E-state index contributed by atoms with van der Waals surface area (Å²) >= 11 is 9.56. The van der Waals surface area contributed by atoms with E-state index in [2.05, 4.69) is 21.2 Å². The van der Waals surface area contributed by atoms with Crippen LogP contribution in [-0.2, 0) is 32.6 Å². The van der Waals surface area contributed by atoms with E-state index in [1.165, 1.54) is 11.0 Å². The van der Waals surface area contributed by atoms with Gasteiger partial charge >= 0.3 is 0 Å². The van der Waals surface area contributed by atoms with Crippen LogP contribution < -0.4 is 9.62 Å². The predicted octanol–water partition coefficient (Wildman–Crippen LogP) is 5.42. The van der Waals surface area contributed by atoms with Gasteiger partial charge in [0.1, 0.15) is 12.6 Å². The Morgan fingerprint density at radius 1 is 0.974 bits per heavy atom. The average Bonchev–Trinajstić information content (AvgIpc) is 2.90. The fraction of sp³-hybridized carbons (Fsp3) is 0.310. The molecule has 3 aromatic rings. The summed E-state index contributed by atoms with van der Waals surface area (Å²) in [5.74, 6) is -0.790. The average molecular weight is 635 g/mol. The molecule has 7 nitrogen and oxygen atoms in total. The van der Waals surface area contributed by atoms with E-state index in [4.69, 9.17) is 11.6 Å². The van der Waals surface area contributed by atoms with Crippen molar-refractivity contribution in [1.82, 2.24) is 10.2 Å². The molecule has 3 aromatic carbocycles. The van der Waals surface area contributed by atoms with Gasteiger partial charge in [0.15, 0.2) is 0 Å². The van der Waals surface area contributed by atoms with Crippen LogP contribution in [0, 0.1) is 0 Å². The maximum atomic E-state index is 14.0. The smallest absolute Gasteiger partial charge is 0.244 e. The normalized spacial score (nSPS) is 12.0. The largest absolute Gasteiger partial charge is 0.354 e. The monoisotopic (exact) mass is 633 g/mol. The first kappa shape index (κ1) is 30.7. The zero-order valence-electron chi connectivity index (χ0n) is 22.0. The number of anilines is 1. The molecule has 0 saturated heterocycles. The van der Waals surface area contributed by atoms with Crippen molar-refractivity contribution >= 4 is 55.1 Å². The van der Waals surface area contributed by atoms with E-state index < -0.39 is 28.5 Å². The lowest BCUT2D eigenvalue weighted by atomic mass is 10.0. The summed E-state index contributed by atoms with van der Waals surface area (Å²) in [4.78, 5) is 29.0. The zero-order valence-corrected chi connectivity index (χ0v) is 25.2. The summed E-state index contributed by atoms with van der Waals surface area (Å²) in [6.07, 6.45) is 3.03. The second-order valence-electron chi connectivity index (χ2n) is 9.25. The second kappa shape index (κ2) is 14.5. The number of nitrogens with zero attached hydrogens (tertiary/aromatic N) is 2. The highest BCUT2D eigenvalue weighted by molar-refractivity contribution is 9.10. The highest BCUT2D eigenvalue weighted by atomic mass is 79.9. The molecule has 39 heavy (non-hydrogen) atoms. The van der Waals surface area contributed by atoms with E-state index in [1.807, 2.05) is 61.5 Å². The Morgan fingerprint density at radius 3 is 2.28 bits per heavy atom. The third-order valence-corrected chi connectivity index (χ3v) is 8.05. The molecular formula is C29H33BrClN3O4S. The third kappa shape index (κ3) is 9.37. The van der Waals surface area contributed by atoms with Crippen molar-refractivity contribution in [2.45, 2.75) is 38.8 Å². The number of halogens is 2. The first-order chi connectivity index (χ1) is 18.6. The number of hydrogen-bond donors (Lipinski definition) is 1. The van der Waals surface area contributed by atoms with Gasteiger partial charge in [0.05, 0.1) is 11.9 Å².